The summed E-state index contributed by atoms with van der Waals surface area (Å²) in [5.74, 6) is 0.777. The molecular formula is C13H24N2O2. The van der Waals surface area contributed by atoms with Gasteiger partial charge in [0.2, 0.25) is 5.91 Å². The summed E-state index contributed by atoms with van der Waals surface area (Å²) in [6, 6.07) is 0.171. The van der Waals surface area contributed by atoms with Crippen molar-refractivity contribution in [1.29, 1.82) is 0 Å². The van der Waals surface area contributed by atoms with Gasteiger partial charge >= 0.3 is 0 Å². The summed E-state index contributed by atoms with van der Waals surface area (Å²) in [6.07, 6.45) is 2.50. The van der Waals surface area contributed by atoms with Crippen molar-refractivity contribution in [2.75, 3.05) is 26.8 Å². The summed E-state index contributed by atoms with van der Waals surface area (Å²) < 4.78 is 5.35. The quantitative estimate of drug-likeness (QED) is 0.746. The predicted molar refractivity (Wildman–Crippen MR) is 66.7 cm³/mol. The fourth-order valence-corrected chi connectivity index (χ4v) is 2.61. The highest BCUT2D eigenvalue weighted by Crippen LogP contribution is 2.51. The fourth-order valence-electron chi connectivity index (χ4n) is 2.61. The van der Waals surface area contributed by atoms with Gasteiger partial charge in [0.15, 0.2) is 0 Å². The van der Waals surface area contributed by atoms with E-state index in [1.807, 2.05) is 7.05 Å². The average molecular weight is 240 g/mol. The molecule has 2 atom stereocenters. The topological polar surface area (TPSA) is 50.4 Å². The van der Waals surface area contributed by atoms with E-state index in [-0.39, 0.29) is 17.9 Å². The second kappa shape index (κ2) is 4.94. The van der Waals surface area contributed by atoms with Crippen LogP contribution in [0, 0.1) is 17.3 Å². The predicted octanol–water partition coefficient (Wildman–Crippen LogP) is 0.773. The summed E-state index contributed by atoms with van der Waals surface area (Å²) in [7, 11) is 1.89. The molecule has 2 rings (SSSR count). The Bertz CT molecular complexity index is 287. The molecule has 2 N–H and O–H groups in total. The molecule has 1 heterocycles. The van der Waals surface area contributed by atoms with E-state index in [0.717, 1.165) is 6.54 Å². The Kier molecular flexibility index (Phi) is 3.73. The van der Waals surface area contributed by atoms with Gasteiger partial charge in [-0.3, -0.25) is 4.79 Å². The third kappa shape index (κ3) is 2.63. The lowest BCUT2D eigenvalue weighted by molar-refractivity contribution is -0.125. The summed E-state index contributed by atoms with van der Waals surface area (Å²) in [5.41, 5.74) is 0.379. The Morgan fingerprint density at radius 2 is 2.12 bits per heavy atom. The number of hydrogen-bond donors (Lipinski definition) is 2. The van der Waals surface area contributed by atoms with Gasteiger partial charge in [0.25, 0.3) is 0 Å². The SMILES string of the molecule is CNC1COCC1C(=O)NCC1(C(C)C)CC1. The van der Waals surface area contributed by atoms with Crippen LogP contribution in [0.5, 0.6) is 0 Å². The third-order valence-corrected chi connectivity index (χ3v) is 4.52. The molecule has 0 bridgehead atoms. The number of hydrogen-bond acceptors (Lipinski definition) is 3. The van der Waals surface area contributed by atoms with Crippen LogP contribution in [-0.2, 0) is 9.53 Å². The van der Waals surface area contributed by atoms with Gasteiger partial charge in [-0.25, -0.2) is 0 Å². The molecule has 98 valence electrons. The number of carbonyl (C=O) groups is 1. The standard InChI is InChI=1S/C13H24N2O2/c1-9(2)13(4-5-13)8-15-12(16)10-6-17-7-11(10)14-3/h9-11,14H,4-8H2,1-3H3,(H,15,16). The van der Waals surface area contributed by atoms with Crippen molar-refractivity contribution in [3.63, 3.8) is 0 Å². The molecule has 0 aromatic heterocycles. The van der Waals surface area contributed by atoms with Crippen LogP contribution in [0.3, 0.4) is 0 Å². The number of ether oxygens (including phenoxy) is 1. The van der Waals surface area contributed by atoms with Gasteiger partial charge in [-0.05, 0) is 31.2 Å². The van der Waals surface area contributed by atoms with Crippen LogP contribution >= 0.6 is 0 Å². The van der Waals surface area contributed by atoms with Gasteiger partial charge in [0, 0.05) is 12.6 Å². The van der Waals surface area contributed by atoms with Crippen molar-refractivity contribution in [3.8, 4) is 0 Å². The van der Waals surface area contributed by atoms with Crippen LogP contribution in [0.1, 0.15) is 26.7 Å². The molecule has 0 spiro atoms. The highest BCUT2D eigenvalue weighted by molar-refractivity contribution is 5.80. The second-order valence-electron chi connectivity index (χ2n) is 5.77. The highest BCUT2D eigenvalue weighted by atomic mass is 16.5. The number of amides is 1. The van der Waals surface area contributed by atoms with Crippen molar-refractivity contribution < 1.29 is 9.53 Å². The third-order valence-electron chi connectivity index (χ3n) is 4.52. The zero-order valence-corrected chi connectivity index (χ0v) is 11.1. The minimum atomic E-state index is -0.0250. The van der Waals surface area contributed by atoms with Crippen molar-refractivity contribution in [1.82, 2.24) is 10.6 Å². The van der Waals surface area contributed by atoms with E-state index < -0.39 is 0 Å². The Hall–Kier alpha value is -0.610. The average Bonchev–Trinajstić information content (AvgIpc) is 2.96. The molecule has 2 unspecified atom stereocenters. The molecule has 1 saturated heterocycles. The van der Waals surface area contributed by atoms with E-state index in [0.29, 0.717) is 24.5 Å². The van der Waals surface area contributed by atoms with Crippen molar-refractivity contribution >= 4 is 5.91 Å². The molecule has 2 fully saturated rings. The van der Waals surface area contributed by atoms with Crippen LogP contribution in [0.25, 0.3) is 0 Å². The molecule has 4 nitrogen and oxygen atoms in total. The van der Waals surface area contributed by atoms with E-state index in [4.69, 9.17) is 4.74 Å². The lowest BCUT2D eigenvalue weighted by atomic mass is 9.92. The number of rotatable bonds is 5. The van der Waals surface area contributed by atoms with Crippen LogP contribution in [0.4, 0.5) is 0 Å². The first-order valence-corrected chi connectivity index (χ1v) is 6.62. The maximum Gasteiger partial charge on any atom is 0.227 e. The zero-order valence-electron chi connectivity index (χ0n) is 11.1. The van der Waals surface area contributed by atoms with Crippen LogP contribution < -0.4 is 10.6 Å². The normalized spacial score (nSPS) is 30.6. The molecule has 1 saturated carbocycles. The molecule has 1 aliphatic heterocycles. The zero-order chi connectivity index (χ0) is 12.5. The minimum Gasteiger partial charge on any atom is -0.379 e. The van der Waals surface area contributed by atoms with E-state index >= 15 is 0 Å². The van der Waals surface area contributed by atoms with Crippen molar-refractivity contribution in [2.24, 2.45) is 17.3 Å². The summed E-state index contributed by atoms with van der Waals surface area (Å²) >= 11 is 0. The molecule has 0 aromatic rings. The molecule has 0 radical (unpaired) electrons. The minimum absolute atomic E-state index is 0.0250. The first kappa shape index (κ1) is 12.8. The molecule has 1 aliphatic carbocycles. The lowest BCUT2D eigenvalue weighted by Gasteiger charge is -2.22. The van der Waals surface area contributed by atoms with E-state index in [1.165, 1.54) is 12.8 Å². The lowest BCUT2D eigenvalue weighted by Crippen LogP contribution is -2.44. The van der Waals surface area contributed by atoms with E-state index in [1.54, 1.807) is 0 Å². The smallest absolute Gasteiger partial charge is 0.227 e. The fraction of sp³-hybridized carbons (Fsp3) is 0.923. The molecular weight excluding hydrogens is 216 g/mol. The molecule has 17 heavy (non-hydrogen) atoms. The van der Waals surface area contributed by atoms with Gasteiger partial charge in [0.05, 0.1) is 19.1 Å². The molecule has 2 aliphatic rings. The molecule has 1 amide bonds. The van der Waals surface area contributed by atoms with Gasteiger partial charge < -0.3 is 15.4 Å². The molecule has 4 heteroatoms. The molecule has 0 aromatic carbocycles. The second-order valence-corrected chi connectivity index (χ2v) is 5.77. The van der Waals surface area contributed by atoms with Gasteiger partial charge in [0.1, 0.15) is 0 Å². The Balaban J connectivity index is 1.81. The Labute approximate surface area is 103 Å². The van der Waals surface area contributed by atoms with Crippen LogP contribution in [0.15, 0.2) is 0 Å². The van der Waals surface area contributed by atoms with Crippen LogP contribution in [0.2, 0.25) is 0 Å². The van der Waals surface area contributed by atoms with Crippen LogP contribution in [-0.4, -0.2) is 38.8 Å². The van der Waals surface area contributed by atoms with Crippen molar-refractivity contribution in [3.05, 3.63) is 0 Å². The first-order chi connectivity index (χ1) is 8.09. The largest absolute Gasteiger partial charge is 0.379 e. The maximum atomic E-state index is 12.1. The number of nitrogens with one attached hydrogen (secondary N) is 2. The van der Waals surface area contributed by atoms with Crippen molar-refractivity contribution in [2.45, 2.75) is 32.7 Å². The monoisotopic (exact) mass is 240 g/mol. The van der Waals surface area contributed by atoms with E-state index in [9.17, 15) is 4.79 Å². The summed E-state index contributed by atoms with van der Waals surface area (Å²) in [6.45, 7) is 6.51. The first-order valence-electron chi connectivity index (χ1n) is 6.62. The van der Waals surface area contributed by atoms with Gasteiger partial charge in [-0.15, -0.1) is 0 Å². The van der Waals surface area contributed by atoms with Gasteiger partial charge in [-0.1, -0.05) is 13.8 Å². The number of likely N-dealkylation sites (N-methyl/N-ethyl adjacent to an activating group) is 1. The summed E-state index contributed by atoms with van der Waals surface area (Å²) in [5, 5.41) is 6.26. The Morgan fingerprint density at radius 1 is 1.41 bits per heavy atom. The van der Waals surface area contributed by atoms with E-state index in [2.05, 4.69) is 24.5 Å². The highest BCUT2D eigenvalue weighted by Gasteiger charge is 2.45. The summed E-state index contributed by atoms with van der Waals surface area (Å²) in [4.78, 5) is 12.1. The number of carbonyl (C=O) groups excluding carboxylic acids is 1. The van der Waals surface area contributed by atoms with Gasteiger partial charge in [-0.2, -0.15) is 0 Å². The Morgan fingerprint density at radius 3 is 2.65 bits per heavy atom. The maximum absolute atomic E-state index is 12.1.